The first kappa shape index (κ1) is 18.3. The van der Waals surface area contributed by atoms with Crippen molar-refractivity contribution < 1.29 is 9.59 Å². The molecule has 0 spiro atoms. The maximum absolute atomic E-state index is 13.0. The van der Waals surface area contributed by atoms with Gasteiger partial charge in [0.05, 0.1) is 16.3 Å². The second-order valence-electron chi connectivity index (χ2n) is 6.24. The number of amides is 1. The summed E-state index contributed by atoms with van der Waals surface area (Å²) in [7, 11) is 0. The number of hydrogen-bond acceptors (Lipinski definition) is 4. The van der Waals surface area contributed by atoms with Crippen molar-refractivity contribution in [3.05, 3.63) is 65.2 Å². The van der Waals surface area contributed by atoms with Crippen molar-refractivity contribution in [3.63, 3.8) is 0 Å². The predicted octanol–water partition coefficient (Wildman–Crippen LogP) is 4.86. The fraction of sp³-hybridized carbons (Fsp3) is 0.286. The molecule has 26 heavy (non-hydrogen) atoms. The number of unbranched alkanes of at least 4 members (excludes halogenated alkanes) is 2. The fourth-order valence-corrected chi connectivity index (χ4v) is 3.79. The van der Waals surface area contributed by atoms with E-state index in [9.17, 15) is 9.59 Å². The van der Waals surface area contributed by atoms with Crippen molar-refractivity contribution in [1.29, 1.82) is 0 Å². The molecule has 3 rings (SSSR count). The summed E-state index contributed by atoms with van der Waals surface area (Å²) in [4.78, 5) is 30.0. The molecule has 2 aromatic carbocycles. The van der Waals surface area contributed by atoms with Crippen molar-refractivity contribution in [1.82, 2.24) is 10.3 Å². The Morgan fingerprint density at radius 3 is 2.50 bits per heavy atom. The van der Waals surface area contributed by atoms with E-state index in [0.29, 0.717) is 17.0 Å². The monoisotopic (exact) mass is 366 g/mol. The van der Waals surface area contributed by atoms with E-state index >= 15 is 0 Å². The second kappa shape index (κ2) is 8.72. The SMILES string of the molecule is CCCCCC(NC(=O)c1ccccc1)C(=O)c1nc2ccccc2s1. The largest absolute Gasteiger partial charge is 0.342 e. The van der Waals surface area contributed by atoms with E-state index in [4.69, 9.17) is 0 Å². The van der Waals surface area contributed by atoms with Crippen molar-refractivity contribution in [2.75, 3.05) is 0 Å². The standard InChI is InChI=1S/C21H22N2O2S/c1-2-3-5-13-17(22-20(25)15-10-6-4-7-11-15)19(24)21-23-16-12-8-9-14-18(16)26-21/h4,6-12,14,17H,2-3,5,13H2,1H3,(H,22,25). The van der Waals surface area contributed by atoms with Crippen LogP contribution in [0.2, 0.25) is 0 Å². The molecule has 0 aliphatic heterocycles. The molecule has 0 aliphatic carbocycles. The summed E-state index contributed by atoms with van der Waals surface area (Å²) in [5, 5.41) is 3.37. The smallest absolute Gasteiger partial charge is 0.251 e. The lowest BCUT2D eigenvalue weighted by atomic mass is 10.0. The van der Waals surface area contributed by atoms with E-state index in [1.165, 1.54) is 11.3 Å². The summed E-state index contributed by atoms with van der Waals surface area (Å²) in [5.41, 5.74) is 1.38. The molecule has 0 aliphatic rings. The summed E-state index contributed by atoms with van der Waals surface area (Å²) in [5.74, 6) is -0.326. The lowest BCUT2D eigenvalue weighted by molar-refractivity contribution is 0.0851. The van der Waals surface area contributed by atoms with Crippen molar-refractivity contribution >= 4 is 33.2 Å². The first-order valence-electron chi connectivity index (χ1n) is 8.94. The minimum Gasteiger partial charge on any atom is -0.342 e. The maximum Gasteiger partial charge on any atom is 0.251 e. The van der Waals surface area contributed by atoms with Gasteiger partial charge in [0.2, 0.25) is 5.78 Å². The van der Waals surface area contributed by atoms with E-state index in [1.54, 1.807) is 12.1 Å². The summed E-state index contributed by atoms with van der Waals surface area (Å²) in [6, 6.07) is 16.2. The van der Waals surface area contributed by atoms with Gasteiger partial charge in [0.25, 0.3) is 5.91 Å². The first-order valence-corrected chi connectivity index (χ1v) is 9.76. The molecule has 3 aromatic rings. The molecule has 4 nitrogen and oxygen atoms in total. The van der Waals surface area contributed by atoms with Gasteiger partial charge in [0.1, 0.15) is 0 Å². The van der Waals surface area contributed by atoms with Crippen LogP contribution in [0.1, 0.15) is 52.8 Å². The van der Waals surface area contributed by atoms with E-state index in [0.717, 1.165) is 29.5 Å². The van der Waals surface area contributed by atoms with Crippen molar-refractivity contribution in [2.24, 2.45) is 0 Å². The molecule has 1 aromatic heterocycles. The third-order valence-corrected chi connectivity index (χ3v) is 5.31. The van der Waals surface area contributed by atoms with Crippen LogP contribution in [-0.4, -0.2) is 22.7 Å². The highest BCUT2D eigenvalue weighted by molar-refractivity contribution is 7.20. The van der Waals surface area contributed by atoms with E-state index in [1.807, 2.05) is 42.5 Å². The predicted molar refractivity (Wildman–Crippen MR) is 106 cm³/mol. The second-order valence-corrected chi connectivity index (χ2v) is 7.27. The van der Waals surface area contributed by atoms with Crippen molar-refractivity contribution in [2.45, 2.75) is 38.6 Å². The Morgan fingerprint density at radius 2 is 1.77 bits per heavy atom. The molecule has 0 radical (unpaired) electrons. The van der Waals surface area contributed by atoms with Gasteiger partial charge < -0.3 is 5.32 Å². The number of benzene rings is 2. The lowest BCUT2D eigenvalue weighted by Crippen LogP contribution is -2.40. The van der Waals surface area contributed by atoms with Crippen LogP contribution in [-0.2, 0) is 0 Å². The zero-order valence-electron chi connectivity index (χ0n) is 14.8. The van der Waals surface area contributed by atoms with Gasteiger partial charge in [0, 0.05) is 5.56 Å². The number of fused-ring (bicyclic) bond motifs is 1. The van der Waals surface area contributed by atoms with Gasteiger partial charge in [0.15, 0.2) is 5.01 Å². The average molecular weight is 366 g/mol. The van der Waals surface area contributed by atoms with Gasteiger partial charge in [-0.15, -0.1) is 11.3 Å². The molecule has 1 N–H and O–H groups in total. The molecule has 1 unspecified atom stereocenters. The number of rotatable bonds is 8. The molecular formula is C21H22N2O2S. The normalized spacial score (nSPS) is 12.0. The van der Waals surface area contributed by atoms with Gasteiger partial charge in [-0.3, -0.25) is 9.59 Å². The number of nitrogens with zero attached hydrogens (tertiary/aromatic N) is 1. The third kappa shape index (κ3) is 4.35. The summed E-state index contributed by atoms with van der Waals surface area (Å²) in [6.07, 6.45) is 3.62. The van der Waals surface area contributed by atoms with Crippen LogP contribution in [0.25, 0.3) is 10.2 Å². The lowest BCUT2D eigenvalue weighted by Gasteiger charge is -2.16. The zero-order chi connectivity index (χ0) is 18.4. The number of aromatic nitrogens is 1. The zero-order valence-corrected chi connectivity index (χ0v) is 15.6. The molecule has 1 amide bonds. The Hall–Kier alpha value is -2.53. The topological polar surface area (TPSA) is 59.1 Å². The van der Waals surface area contributed by atoms with Gasteiger partial charge in [-0.2, -0.15) is 0 Å². The highest BCUT2D eigenvalue weighted by Crippen LogP contribution is 2.23. The van der Waals surface area contributed by atoms with Crippen LogP contribution in [0, 0.1) is 0 Å². The molecule has 0 saturated carbocycles. The number of ketones is 1. The number of thiazole rings is 1. The molecule has 1 atom stereocenters. The van der Waals surface area contributed by atoms with Gasteiger partial charge >= 0.3 is 0 Å². The van der Waals surface area contributed by atoms with Gasteiger partial charge in [-0.05, 0) is 30.7 Å². The molecule has 0 bridgehead atoms. The summed E-state index contributed by atoms with van der Waals surface area (Å²) >= 11 is 1.38. The highest BCUT2D eigenvalue weighted by Gasteiger charge is 2.25. The molecule has 0 saturated heterocycles. The minimum atomic E-state index is -0.546. The molecule has 0 fully saturated rings. The van der Waals surface area contributed by atoms with Crippen LogP contribution in [0.5, 0.6) is 0 Å². The number of carbonyl (C=O) groups excluding carboxylic acids is 2. The first-order chi connectivity index (χ1) is 12.7. The highest BCUT2D eigenvalue weighted by atomic mass is 32.1. The number of carbonyl (C=O) groups is 2. The Kier molecular flexibility index (Phi) is 6.12. The van der Waals surface area contributed by atoms with Crippen molar-refractivity contribution in [3.8, 4) is 0 Å². The van der Waals surface area contributed by atoms with Crippen LogP contribution < -0.4 is 5.32 Å². The number of nitrogens with one attached hydrogen (secondary N) is 1. The fourth-order valence-electron chi connectivity index (χ4n) is 2.83. The summed E-state index contributed by atoms with van der Waals surface area (Å²) in [6.45, 7) is 2.12. The molecular weight excluding hydrogens is 344 g/mol. The van der Waals surface area contributed by atoms with Crippen LogP contribution in [0.15, 0.2) is 54.6 Å². The minimum absolute atomic E-state index is 0.105. The number of para-hydroxylation sites is 1. The molecule has 1 heterocycles. The van der Waals surface area contributed by atoms with Gasteiger partial charge in [-0.25, -0.2) is 4.98 Å². The third-order valence-electron chi connectivity index (χ3n) is 4.26. The Labute approximate surface area is 157 Å². The Morgan fingerprint density at radius 1 is 1.04 bits per heavy atom. The molecule has 134 valence electrons. The molecule has 5 heteroatoms. The van der Waals surface area contributed by atoms with E-state index < -0.39 is 6.04 Å². The summed E-state index contributed by atoms with van der Waals surface area (Å²) < 4.78 is 0.984. The van der Waals surface area contributed by atoms with Gasteiger partial charge in [-0.1, -0.05) is 56.5 Å². The quantitative estimate of drug-likeness (QED) is 0.457. The van der Waals surface area contributed by atoms with Crippen LogP contribution >= 0.6 is 11.3 Å². The number of Topliss-reactive ketones (excluding diaryl/α,β-unsaturated/α-hetero) is 1. The Bertz CT molecular complexity index is 856. The van der Waals surface area contributed by atoms with Crippen LogP contribution in [0.3, 0.4) is 0 Å². The number of hydrogen-bond donors (Lipinski definition) is 1. The van der Waals surface area contributed by atoms with Crippen LogP contribution in [0.4, 0.5) is 0 Å². The maximum atomic E-state index is 13.0. The average Bonchev–Trinajstić information content (AvgIpc) is 3.11. The van der Waals surface area contributed by atoms with E-state index in [-0.39, 0.29) is 11.7 Å². The Balaban J connectivity index is 1.80. The van der Waals surface area contributed by atoms with E-state index in [2.05, 4.69) is 17.2 Å².